The van der Waals surface area contributed by atoms with Gasteiger partial charge in [0.2, 0.25) is 11.8 Å². The maximum absolute atomic E-state index is 12.9. The first-order chi connectivity index (χ1) is 13.0. The third-order valence-electron chi connectivity index (χ3n) is 6.00. The Morgan fingerprint density at radius 1 is 1.11 bits per heavy atom. The number of anilines is 1. The van der Waals surface area contributed by atoms with Crippen molar-refractivity contribution >= 4 is 17.5 Å². The molecule has 3 saturated heterocycles. The summed E-state index contributed by atoms with van der Waals surface area (Å²) >= 11 is 0. The normalized spacial score (nSPS) is 25.0. The van der Waals surface area contributed by atoms with Gasteiger partial charge in [0.1, 0.15) is 0 Å². The molecule has 0 N–H and O–H groups in total. The number of piperidine rings is 1. The van der Waals surface area contributed by atoms with E-state index < -0.39 is 5.79 Å². The van der Waals surface area contributed by atoms with E-state index in [4.69, 9.17) is 9.47 Å². The summed E-state index contributed by atoms with van der Waals surface area (Å²) in [5.74, 6) is -0.175. The fourth-order valence-corrected chi connectivity index (χ4v) is 4.27. The van der Waals surface area contributed by atoms with E-state index in [1.54, 1.807) is 4.90 Å². The van der Waals surface area contributed by atoms with E-state index in [1.807, 2.05) is 17.0 Å². The van der Waals surface area contributed by atoms with E-state index in [-0.39, 0.29) is 17.7 Å². The molecule has 1 aromatic carbocycles. The van der Waals surface area contributed by atoms with Crippen LogP contribution in [0.2, 0.25) is 0 Å². The Bertz CT molecular complexity index is 699. The monoisotopic (exact) mass is 372 g/mol. The molecule has 3 aliphatic rings. The Labute approximate surface area is 160 Å². The quantitative estimate of drug-likeness (QED) is 0.818. The highest BCUT2D eigenvalue weighted by molar-refractivity contribution is 6.00. The van der Waals surface area contributed by atoms with Gasteiger partial charge >= 0.3 is 0 Å². The van der Waals surface area contributed by atoms with Crippen LogP contribution in [0.3, 0.4) is 0 Å². The predicted molar refractivity (Wildman–Crippen MR) is 101 cm³/mol. The minimum Gasteiger partial charge on any atom is -0.347 e. The van der Waals surface area contributed by atoms with Crippen LogP contribution in [0.5, 0.6) is 0 Å². The van der Waals surface area contributed by atoms with Crippen LogP contribution >= 0.6 is 0 Å². The van der Waals surface area contributed by atoms with Gasteiger partial charge in [-0.25, -0.2) is 0 Å². The van der Waals surface area contributed by atoms with Gasteiger partial charge in [-0.2, -0.15) is 0 Å². The molecule has 1 spiro atoms. The number of carbonyl (C=O) groups excluding carboxylic acids is 2. The SMILES string of the molecule is CC(C)c1ccc(N2C[C@H](C(=O)N3CCC4(CC3)OCCO4)CC2=O)cc1. The number of nitrogens with zero attached hydrogens (tertiary/aromatic N) is 2. The Hall–Kier alpha value is -1.92. The molecule has 6 nitrogen and oxygen atoms in total. The van der Waals surface area contributed by atoms with Gasteiger partial charge in [0.25, 0.3) is 0 Å². The van der Waals surface area contributed by atoms with Crippen molar-refractivity contribution in [3.05, 3.63) is 29.8 Å². The van der Waals surface area contributed by atoms with Crippen molar-refractivity contribution in [3.8, 4) is 0 Å². The van der Waals surface area contributed by atoms with Gasteiger partial charge in [-0.3, -0.25) is 9.59 Å². The summed E-state index contributed by atoms with van der Waals surface area (Å²) in [6, 6.07) is 8.10. The van der Waals surface area contributed by atoms with Crippen molar-refractivity contribution in [2.45, 2.75) is 44.8 Å². The summed E-state index contributed by atoms with van der Waals surface area (Å²) in [4.78, 5) is 29.1. The highest BCUT2D eigenvalue weighted by atomic mass is 16.7. The molecule has 6 heteroatoms. The largest absolute Gasteiger partial charge is 0.347 e. The minimum atomic E-state index is -0.480. The van der Waals surface area contributed by atoms with Crippen molar-refractivity contribution in [1.29, 1.82) is 0 Å². The number of likely N-dealkylation sites (tertiary alicyclic amines) is 1. The topological polar surface area (TPSA) is 59.1 Å². The summed E-state index contributed by atoms with van der Waals surface area (Å²) in [6.45, 7) is 7.29. The summed E-state index contributed by atoms with van der Waals surface area (Å²) < 4.78 is 11.5. The summed E-state index contributed by atoms with van der Waals surface area (Å²) in [6.07, 6.45) is 1.71. The maximum atomic E-state index is 12.9. The van der Waals surface area contributed by atoms with Crippen molar-refractivity contribution in [2.75, 3.05) is 37.7 Å². The van der Waals surface area contributed by atoms with E-state index in [0.29, 0.717) is 58.0 Å². The first-order valence-corrected chi connectivity index (χ1v) is 9.94. The van der Waals surface area contributed by atoms with Crippen LogP contribution in [0.4, 0.5) is 5.69 Å². The van der Waals surface area contributed by atoms with Gasteiger partial charge in [-0.05, 0) is 23.6 Å². The van der Waals surface area contributed by atoms with Gasteiger partial charge in [0.05, 0.1) is 19.1 Å². The fraction of sp³-hybridized carbons (Fsp3) is 0.619. The van der Waals surface area contributed by atoms with Gasteiger partial charge < -0.3 is 19.3 Å². The molecular weight excluding hydrogens is 344 g/mol. The summed E-state index contributed by atoms with van der Waals surface area (Å²) in [7, 11) is 0. The van der Waals surface area contributed by atoms with Crippen LogP contribution in [0.25, 0.3) is 0 Å². The molecule has 3 aliphatic heterocycles. The zero-order valence-corrected chi connectivity index (χ0v) is 16.1. The number of hydrogen-bond donors (Lipinski definition) is 0. The number of hydrogen-bond acceptors (Lipinski definition) is 4. The second-order valence-corrected chi connectivity index (χ2v) is 8.08. The molecule has 1 atom stereocenters. The fourth-order valence-electron chi connectivity index (χ4n) is 4.27. The first-order valence-electron chi connectivity index (χ1n) is 9.94. The van der Waals surface area contributed by atoms with Crippen LogP contribution in [-0.4, -0.2) is 55.3 Å². The number of carbonyl (C=O) groups is 2. The van der Waals surface area contributed by atoms with E-state index >= 15 is 0 Å². The average Bonchev–Trinajstić information content (AvgIpc) is 3.29. The van der Waals surface area contributed by atoms with Gasteiger partial charge in [-0.1, -0.05) is 26.0 Å². The van der Waals surface area contributed by atoms with Crippen LogP contribution in [0, 0.1) is 5.92 Å². The molecule has 3 fully saturated rings. The zero-order chi connectivity index (χ0) is 19.0. The number of ether oxygens (including phenoxy) is 2. The Kier molecular flexibility index (Phi) is 4.95. The van der Waals surface area contributed by atoms with Crippen LogP contribution in [-0.2, 0) is 19.1 Å². The number of rotatable bonds is 3. The Morgan fingerprint density at radius 2 is 1.74 bits per heavy atom. The standard InChI is InChI=1S/C21H28N2O4/c1-15(2)16-3-5-18(6-4-16)23-14-17(13-19(23)24)20(25)22-9-7-21(8-10-22)26-11-12-27-21/h3-6,15,17H,7-14H2,1-2H3/t17-/m1/s1. The van der Waals surface area contributed by atoms with Crippen molar-refractivity contribution in [3.63, 3.8) is 0 Å². The predicted octanol–water partition coefficient (Wildman–Crippen LogP) is 2.53. The lowest BCUT2D eigenvalue weighted by Crippen LogP contribution is -2.49. The van der Waals surface area contributed by atoms with Crippen molar-refractivity contribution in [2.24, 2.45) is 5.92 Å². The second-order valence-electron chi connectivity index (χ2n) is 8.08. The number of benzene rings is 1. The summed E-state index contributed by atoms with van der Waals surface area (Å²) in [5, 5.41) is 0. The molecule has 0 saturated carbocycles. The molecule has 0 aromatic heterocycles. The third kappa shape index (κ3) is 3.60. The smallest absolute Gasteiger partial charge is 0.228 e. The summed E-state index contributed by atoms with van der Waals surface area (Å²) in [5.41, 5.74) is 2.13. The lowest BCUT2D eigenvalue weighted by Gasteiger charge is -2.38. The molecule has 0 aliphatic carbocycles. The van der Waals surface area contributed by atoms with E-state index in [9.17, 15) is 9.59 Å². The molecule has 4 rings (SSSR count). The Morgan fingerprint density at radius 3 is 2.33 bits per heavy atom. The van der Waals surface area contributed by atoms with E-state index in [2.05, 4.69) is 26.0 Å². The molecule has 2 amide bonds. The lowest BCUT2D eigenvalue weighted by atomic mass is 10.0. The van der Waals surface area contributed by atoms with E-state index in [0.717, 1.165) is 5.69 Å². The molecule has 0 unspecified atom stereocenters. The van der Waals surface area contributed by atoms with Gasteiger partial charge in [-0.15, -0.1) is 0 Å². The van der Waals surface area contributed by atoms with Crippen molar-refractivity contribution < 1.29 is 19.1 Å². The minimum absolute atomic E-state index is 0.0292. The molecule has 1 aromatic rings. The van der Waals surface area contributed by atoms with Gasteiger partial charge in [0, 0.05) is 44.6 Å². The molecule has 0 bridgehead atoms. The second kappa shape index (κ2) is 7.24. The van der Waals surface area contributed by atoms with Crippen LogP contribution in [0.1, 0.15) is 44.6 Å². The third-order valence-corrected chi connectivity index (χ3v) is 6.00. The molecule has 146 valence electrons. The van der Waals surface area contributed by atoms with Crippen molar-refractivity contribution in [1.82, 2.24) is 4.90 Å². The zero-order valence-electron chi connectivity index (χ0n) is 16.1. The molecular formula is C21H28N2O4. The maximum Gasteiger partial charge on any atom is 0.228 e. The molecule has 0 radical (unpaired) electrons. The molecule has 27 heavy (non-hydrogen) atoms. The lowest BCUT2D eigenvalue weighted by molar-refractivity contribution is -0.188. The van der Waals surface area contributed by atoms with Crippen LogP contribution in [0.15, 0.2) is 24.3 Å². The Balaban J connectivity index is 1.38. The van der Waals surface area contributed by atoms with Crippen LogP contribution < -0.4 is 4.90 Å². The van der Waals surface area contributed by atoms with E-state index in [1.165, 1.54) is 5.56 Å². The first kappa shape index (κ1) is 18.4. The average molecular weight is 372 g/mol. The highest BCUT2D eigenvalue weighted by Crippen LogP contribution is 2.33. The number of amides is 2. The van der Waals surface area contributed by atoms with Gasteiger partial charge in [0.15, 0.2) is 5.79 Å². The highest BCUT2D eigenvalue weighted by Gasteiger charge is 2.43. The molecule has 3 heterocycles.